The van der Waals surface area contributed by atoms with Gasteiger partial charge in [-0.2, -0.15) is 0 Å². The number of rotatable bonds is 6. The fourth-order valence-corrected chi connectivity index (χ4v) is 3.82. The third kappa shape index (κ3) is 5.90. The third-order valence-electron chi connectivity index (χ3n) is 5.47. The summed E-state index contributed by atoms with van der Waals surface area (Å²) in [5.74, 6) is -1.22. The molecule has 3 amide bonds. The Morgan fingerprint density at radius 2 is 1.93 bits per heavy atom. The number of nitrogens with one attached hydrogen (secondary N) is 1. The highest BCUT2D eigenvalue weighted by molar-refractivity contribution is 6.35. The summed E-state index contributed by atoms with van der Waals surface area (Å²) < 4.78 is 0. The average molecular weight is 424 g/mol. The van der Waals surface area contributed by atoms with Crippen LogP contribution in [0.25, 0.3) is 0 Å². The van der Waals surface area contributed by atoms with Crippen molar-refractivity contribution in [2.45, 2.75) is 38.8 Å². The molecule has 29 heavy (non-hydrogen) atoms. The predicted octanol–water partition coefficient (Wildman–Crippen LogP) is 0.665. The highest BCUT2D eigenvalue weighted by Gasteiger charge is 2.34. The zero-order valence-electron chi connectivity index (χ0n) is 16.9. The van der Waals surface area contributed by atoms with E-state index in [0.29, 0.717) is 26.2 Å². The van der Waals surface area contributed by atoms with Gasteiger partial charge in [-0.3, -0.25) is 19.4 Å². The summed E-state index contributed by atoms with van der Waals surface area (Å²) in [7, 11) is 0. The normalized spacial score (nSPS) is 20.1. The van der Waals surface area contributed by atoms with Crippen molar-refractivity contribution in [3.05, 3.63) is 30.1 Å². The minimum Gasteiger partial charge on any atom is -0.333 e. The quantitative estimate of drug-likeness (QED) is 0.679. The van der Waals surface area contributed by atoms with Crippen LogP contribution in [0.15, 0.2) is 24.4 Å². The first-order valence-electron chi connectivity index (χ1n) is 10.1. The number of hydrogen-bond acceptors (Lipinski definition) is 5. The maximum atomic E-state index is 13.2. The van der Waals surface area contributed by atoms with Crippen molar-refractivity contribution in [3.63, 3.8) is 0 Å². The van der Waals surface area contributed by atoms with Crippen LogP contribution in [0, 0.1) is 0 Å². The van der Waals surface area contributed by atoms with Gasteiger partial charge >= 0.3 is 11.8 Å². The molecule has 0 bridgehead atoms. The summed E-state index contributed by atoms with van der Waals surface area (Å²) in [4.78, 5) is 46.8. The minimum absolute atomic E-state index is 0. The van der Waals surface area contributed by atoms with Gasteiger partial charge in [0.05, 0.1) is 12.2 Å². The molecule has 8 nitrogen and oxygen atoms in total. The van der Waals surface area contributed by atoms with Crippen LogP contribution >= 0.6 is 12.4 Å². The highest BCUT2D eigenvalue weighted by atomic mass is 35.5. The Morgan fingerprint density at radius 1 is 1.17 bits per heavy atom. The second kappa shape index (κ2) is 11.1. The topological polar surface area (TPSA) is 85.8 Å². The van der Waals surface area contributed by atoms with E-state index in [2.05, 4.69) is 10.3 Å². The molecular formula is C20H30ClN5O3. The van der Waals surface area contributed by atoms with Crippen LogP contribution in [0.4, 0.5) is 0 Å². The lowest BCUT2D eigenvalue weighted by atomic mass is 10.1. The van der Waals surface area contributed by atoms with Crippen molar-refractivity contribution >= 4 is 30.1 Å². The maximum absolute atomic E-state index is 13.2. The van der Waals surface area contributed by atoms with Gasteiger partial charge in [0.25, 0.3) is 0 Å². The molecule has 2 aliphatic rings. The summed E-state index contributed by atoms with van der Waals surface area (Å²) in [6.07, 6.45) is 4.51. The van der Waals surface area contributed by atoms with E-state index in [1.165, 1.54) is 9.80 Å². The van der Waals surface area contributed by atoms with E-state index >= 15 is 0 Å². The van der Waals surface area contributed by atoms with Crippen LogP contribution in [0.5, 0.6) is 0 Å². The molecular weight excluding hydrogens is 394 g/mol. The molecule has 0 radical (unpaired) electrons. The number of carbonyl (C=O) groups is 3. The van der Waals surface area contributed by atoms with Gasteiger partial charge in [0.1, 0.15) is 6.54 Å². The average Bonchev–Trinajstić information content (AvgIpc) is 3.00. The Bertz CT molecular complexity index is 695. The van der Waals surface area contributed by atoms with E-state index in [4.69, 9.17) is 0 Å². The van der Waals surface area contributed by atoms with Crippen molar-refractivity contribution in [3.8, 4) is 0 Å². The van der Waals surface area contributed by atoms with Crippen LogP contribution in [0.1, 0.15) is 31.9 Å². The molecule has 160 valence electrons. The fraction of sp³-hybridized carbons (Fsp3) is 0.600. The molecule has 2 aliphatic heterocycles. The van der Waals surface area contributed by atoms with Gasteiger partial charge in [-0.05, 0) is 51.4 Å². The number of likely N-dealkylation sites (N-methyl/N-ethyl adjacent to an activating group) is 1. The number of pyridine rings is 1. The second-order valence-electron chi connectivity index (χ2n) is 7.29. The zero-order valence-corrected chi connectivity index (χ0v) is 17.7. The molecule has 2 fully saturated rings. The lowest BCUT2D eigenvalue weighted by Gasteiger charge is -2.36. The van der Waals surface area contributed by atoms with Gasteiger partial charge in [-0.1, -0.05) is 6.07 Å². The first kappa shape index (κ1) is 23.1. The van der Waals surface area contributed by atoms with Crippen LogP contribution in [-0.2, 0) is 20.9 Å². The molecule has 0 aliphatic carbocycles. The standard InChI is InChI=1S/C20H29N5O3.ClH/c1-2-23-12-13-24(20(28)19(23)27)15-18(26)25(14-16-6-3-4-10-22-16)17-7-5-9-21-11-8-17;/h3-4,6,10,17,21H,2,5,7-9,11-15H2,1H3;1H. The first-order chi connectivity index (χ1) is 13.6. The molecule has 1 aromatic heterocycles. The first-order valence-corrected chi connectivity index (χ1v) is 10.1. The molecule has 1 N–H and O–H groups in total. The molecule has 3 heterocycles. The smallest absolute Gasteiger partial charge is 0.312 e. The van der Waals surface area contributed by atoms with Crippen LogP contribution in [0.2, 0.25) is 0 Å². The van der Waals surface area contributed by atoms with E-state index in [0.717, 1.165) is 38.0 Å². The lowest BCUT2D eigenvalue weighted by molar-refractivity contribution is -0.158. The molecule has 1 aromatic rings. The molecule has 3 rings (SSSR count). The van der Waals surface area contributed by atoms with E-state index < -0.39 is 11.8 Å². The monoisotopic (exact) mass is 423 g/mol. The summed E-state index contributed by atoms with van der Waals surface area (Å²) in [6.45, 7) is 5.40. The Labute approximate surface area is 178 Å². The van der Waals surface area contributed by atoms with E-state index in [-0.39, 0.29) is 30.9 Å². The molecule has 0 saturated carbocycles. The number of amides is 3. The predicted molar refractivity (Wildman–Crippen MR) is 111 cm³/mol. The van der Waals surface area contributed by atoms with Gasteiger partial charge in [-0.25, -0.2) is 0 Å². The number of aromatic nitrogens is 1. The Hall–Kier alpha value is -2.19. The van der Waals surface area contributed by atoms with Gasteiger partial charge in [-0.15, -0.1) is 12.4 Å². The second-order valence-corrected chi connectivity index (χ2v) is 7.29. The Kier molecular flexibility index (Phi) is 8.85. The number of nitrogens with zero attached hydrogens (tertiary/aromatic N) is 4. The molecule has 9 heteroatoms. The number of halogens is 1. The fourth-order valence-electron chi connectivity index (χ4n) is 3.82. The molecule has 2 saturated heterocycles. The summed E-state index contributed by atoms with van der Waals surface area (Å²) in [5.41, 5.74) is 0.825. The maximum Gasteiger partial charge on any atom is 0.312 e. The largest absolute Gasteiger partial charge is 0.333 e. The Balaban J connectivity index is 0.00000300. The number of piperazine rings is 1. The molecule has 1 atom stereocenters. The lowest BCUT2D eigenvalue weighted by Crippen LogP contribution is -2.57. The highest BCUT2D eigenvalue weighted by Crippen LogP contribution is 2.17. The van der Waals surface area contributed by atoms with Crippen LogP contribution in [0.3, 0.4) is 0 Å². The molecule has 1 unspecified atom stereocenters. The van der Waals surface area contributed by atoms with Gasteiger partial charge < -0.3 is 20.0 Å². The zero-order chi connectivity index (χ0) is 19.9. The minimum atomic E-state index is -0.582. The molecule has 0 aromatic carbocycles. The third-order valence-corrected chi connectivity index (χ3v) is 5.47. The van der Waals surface area contributed by atoms with E-state index in [1.807, 2.05) is 30.0 Å². The van der Waals surface area contributed by atoms with Crippen molar-refractivity contribution in [2.75, 3.05) is 39.3 Å². The van der Waals surface area contributed by atoms with Crippen LogP contribution in [-0.4, -0.2) is 82.7 Å². The SMILES string of the molecule is CCN1CCN(CC(=O)N(Cc2ccccn2)C2CCCNCC2)C(=O)C1=O.Cl. The van der Waals surface area contributed by atoms with E-state index in [9.17, 15) is 14.4 Å². The number of hydrogen-bond donors (Lipinski definition) is 1. The van der Waals surface area contributed by atoms with E-state index in [1.54, 1.807) is 6.20 Å². The van der Waals surface area contributed by atoms with Gasteiger partial charge in [0.15, 0.2) is 0 Å². The van der Waals surface area contributed by atoms with Gasteiger partial charge in [0, 0.05) is 31.9 Å². The van der Waals surface area contributed by atoms with Gasteiger partial charge in [0.2, 0.25) is 5.91 Å². The number of carbonyl (C=O) groups excluding carboxylic acids is 3. The Morgan fingerprint density at radius 3 is 2.66 bits per heavy atom. The summed E-state index contributed by atoms with van der Waals surface area (Å²) in [6, 6.07) is 5.77. The van der Waals surface area contributed by atoms with Crippen molar-refractivity contribution in [1.82, 2.24) is 25.0 Å². The molecule has 0 spiro atoms. The van der Waals surface area contributed by atoms with Crippen molar-refractivity contribution in [2.24, 2.45) is 0 Å². The summed E-state index contributed by atoms with van der Waals surface area (Å²) in [5, 5.41) is 3.37. The van der Waals surface area contributed by atoms with Crippen molar-refractivity contribution < 1.29 is 14.4 Å². The van der Waals surface area contributed by atoms with Crippen molar-refractivity contribution in [1.29, 1.82) is 0 Å². The summed E-state index contributed by atoms with van der Waals surface area (Å²) >= 11 is 0. The van der Waals surface area contributed by atoms with Crippen LogP contribution < -0.4 is 5.32 Å².